The molecule has 0 spiro atoms. The van der Waals surface area contributed by atoms with E-state index in [4.69, 9.17) is 15.6 Å². The van der Waals surface area contributed by atoms with E-state index in [2.05, 4.69) is 0 Å². The summed E-state index contributed by atoms with van der Waals surface area (Å²) >= 11 is 0. The van der Waals surface area contributed by atoms with E-state index in [9.17, 15) is 5.11 Å². The van der Waals surface area contributed by atoms with Crippen molar-refractivity contribution >= 4 is 0 Å². The number of para-hydroxylation sites is 1. The first-order valence-corrected chi connectivity index (χ1v) is 7.03. The second-order valence-electron chi connectivity index (χ2n) is 4.85. The van der Waals surface area contributed by atoms with Gasteiger partial charge in [0.15, 0.2) is 0 Å². The zero-order valence-electron chi connectivity index (χ0n) is 11.9. The number of nitrogens with two attached hydrogens (primary N) is 1. The van der Waals surface area contributed by atoms with Gasteiger partial charge in [-0.2, -0.15) is 0 Å². The van der Waals surface area contributed by atoms with E-state index in [0.717, 1.165) is 16.7 Å². The Morgan fingerprint density at radius 1 is 1.05 bits per heavy atom. The van der Waals surface area contributed by atoms with Crippen LogP contribution in [0.25, 0.3) is 0 Å². The lowest BCUT2D eigenvalue weighted by atomic mass is 10.1. The van der Waals surface area contributed by atoms with Crippen molar-refractivity contribution in [1.82, 2.24) is 0 Å². The van der Waals surface area contributed by atoms with Crippen molar-refractivity contribution in [3.63, 3.8) is 0 Å². The van der Waals surface area contributed by atoms with Gasteiger partial charge in [0.2, 0.25) is 0 Å². The van der Waals surface area contributed by atoms with Crippen LogP contribution in [-0.4, -0.2) is 23.4 Å². The smallest absolute Gasteiger partial charge is 0.122 e. The van der Waals surface area contributed by atoms with E-state index >= 15 is 0 Å². The van der Waals surface area contributed by atoms with Crippen molar-refractivity contribution in [2.45, 2.75) is 19.1 Å². The summed E-state index contributed by atoms with van der Waals surface area (Å²) in [5.41, 5.74) is 8.31. The van der Waals surface area contributed by atoms with Gasteiger partial charge >= 0.3 is 0 Å². The van der Waals surface area contributed by atoms with E-state index in [-0.39, 0.29) is 13.2 Å². The summed E-state index contributed by atoms with van der Waals surface area (Å²) in [5, 5.41) is 19.2. The third-order valence-electron chi connectivity index (χ3n) is 3.35. The van der Waals surface area contributed by atoms with E-state index in [1.165, 1.54) is 0 Å². The summed E-state index contributed by atoms with van der Waals surface area (Å²) < 4.78 is 5.68. The standard InChI is InChI=1S/C17H21NO3/c18-11-13-5-7-14(8-6-13)16(20)12-21-17-4-2-1-3-15(17)9-10-19/h1-8,16,19-20H,9-12,18H2. The highest BCUT2D eigenvalue weighted by Crippen LogP contribution is 2.21. The van der Waals surface area contributed by atoms with Crippen molar-refractivity contribution in [2.24, 2.45) is 5.73 Å². The monoisotopic (exact) mass is 287 g/mol. The van der Waals surface area contributed by atoms with Gasteiger partial charge < -0.3 is 20.7 Å². The number of aliphatic hydroxyl groups excluding tert-OH is 2. The molecule has 0 heterocycles. The SMILES string of the molecule is NCc1ccc(C(O)COc2ccccc2CCO)cc1. The Morgan fingerprint density at radius 3 is 2.43 bits per heavy atom. The first-order chi connectivity index (χ1) is 10.2. The summed E-state index contributed by atoms with van der Waals surface area (Å²) in [4.78, 5) is 0. The third kappa shape index (κ3) is 4.29. The quantitative estimate of drug-likeness (QED) is 0.726. The molecule has 0 aromatic heterocycles. The molecule has 2 aromatic carbocycles. The molecule has 0 aliphatic heterocycles. The summed E-state index contributed by atoms with van der Waals surface area (Å²) in [5.74, 6) is 0.698. The minimum atomic E-state index is -0.695. The van der Waals surface area contributed by atoms with Gasteiger partial charge in [0.05, 0.1) is 0 Å². The molecule has 0 radical (unpaired) electrons. The third-order valence-corrected chi connectivity index (χ3v) is 3.35. The Morgan fingerprint density at radius 2 is 1.76 bits per heavy atom. The second-order valence-corrected chi connectivity index (χ2v) is 4.85. The molecular weight excluding hydrogens is 266 g/mol. The maximum absolute atomic E-state index is 10.2. The molecule has 1 atom stereocenters. The molecule has 0 saturated heterocycles. The lowest BCUT2D eigenvalue weighted by Crippen LogP contribution is -2.11. The lowest BCUT2D eigenvalue weighted by Gasteiger charge is -2.15. The van der Waals surface area contributed by atoms with Crippen molar-refractivity contribution < 1.29 is 14.9 Å². The van der Waals surface area contributed by atoms with Crippen molar-refractivity contribution in [1.29, 1.82) is 0 Å². The Labute approximate surface area is 124 Å². The molecule has 4 nitrogen and oxygen atoms in total. The predicted molar refractivity (Wildman–Crippen MR) is 82.0 cm³/mol. The maximum atomic E-state index is 10.2. The van der Waals surface area contributed by atoms with Gasteiger partial charge in [-0.15, -0.1) is 0 Å². The Bertz CT molecular complexity index is 554. The molecule has 0 aliphatic carbocycles. The van der Waals surface area contributed by atoms with E-state index in [1.807, 2.05) is 48.5 Å². The number of ether oxygens (including phenoxy) is 1. The molecule has 0 saturated carbocycles. The highest BCUT2D eigenvalue weighted by atomic mass is 16.5. The van der Waals surface area contributed by atoms with Crippen LogP contribution in [0.1, 0.15) is 22.8 Å². The molecular formula is C17H21NO3. The van der Waals surface area contributed by atoms with Crippen LogP contribution in [0, 0.1) is 0 Å². The van der Waals surface area contributed by atoms with Crippen LogP contribution in [0.5, 0.6) is 5.75 Å². The molecule has 1 unspecified atom stereocenters. The van der Waals surface area contributed by atoms with Gasteiger partial charge in [0, 0.05) is 13.2 Å². The van der Waals surface area contributed by atoms with Crippen LogP contribution in [0.3, 0.4) is 0 Å². The Balaban J connectivity index is 1.98. The summed E-state index contributed by atoms with van der Waals surface area (Å²) in [7, 11) is 0. The van der Waals surface area contributed by atoms with Crippen LogP contribution < -0.4 is 10.5 Å². The fourth-order valence-electron chi connectivity index (χ4n) is 2.11. The van der Waals surface area contributed by atoms with Crippen molar-refractivity contribution in [2.75, 3.05) is 13.2 Å². The van der Waals surface area contributed by atoms with Crippen LogP contribution in [0.2, 0.25) is 0 Å². The summed E-state index contributed by atoms with van der Waals surface area (Å²) in [6, 6.07) is 15.0. The summed E-state index contributed by atoms with van der Waals surface area (Å²) in [6.07, 6.45) is -0.156. The molecule has 2 rings (SSSR count). The summed E-state index contributed by atoms with van der Waals surface area (Å²) in [6.45, 7) is 0.731. The van der Waals surface area contributed by atoms with Gasteiger partial charge in [0.25, 0.3) is 0 Å². The number of benzene rings is 2. The minimum Gasteiger partial charge on any atom is -0.490 e. The molecule has 21 heavy (non-hydrogen) atoms. The predicted octanol–water partition coefficient (Wildman–Crippen LogP) is 1.79. The first kappa shape index (κ1) is 15.5. The maximum Gasteiger partial charge on any atom is 0.122 e. The van der Waals surface area contributed by atoms with Crippen LogP contribution >= 0.6 is 0 Å². The van der Waals surface area contributed by atoms with Gasteiger partial charge in [-0.1, -0.05) is 42.5 Å². The van der Waals surface area contributed by atoms with Gasteiger partial charge in [0.1, 0.15) is 18.5 Å². The van der Waals surface area contributed by atoms with Gasteiger partial charge in [-0.05, 0) is 29.2 Å². The molecule has 0 fully saturated rings. The topological polar surface area (TPSA) is 75.7 Å². The normalized spacial score (nSPS) is 12.1. The number of rotatable bonds is 7. The highest BCUT2D eigenvalue weighted by Gasteiger charge is 2.10. The molecule has 2 aromatic rings. The van der Waals surface area contributed by atoms with E-state index in [0.29, 0.717) is 18.7 Å². The van der Waals surface area contributed by atoms with Gasteiger partial charge in [-0.25, -0.2) is 0 Å². The highest BCUT2D eigenvalue weighted by molar-refractivity contribution is 5.33. The van der Waals surface area contributed by atoms with Crippen molar-refractivity contribution in [3.05, 3.63) is 65.2 Å². The number of hydrogen-bond donors (Lipinski definition) is 3. The fourth-order valence-corrected chi connectivity index (χ4v) is 2.11. The number of aliphatic hydroxyl groups is 2. The molecule has 112 valence electrons. The molecule has 4 heteroatoms. The second kappa shape index (κ2) is 7.78. The molecule has 0 amide bonds. The Kier molecular flexibility index (Phi) is 5.75. The van der Waals surface area contributed by atoms with Crippen LogP contribution in [0.4, 0.5) is 0 Å². The molecule has 0 aliphatic rings. The zero-order valence-corrected chi connectivity index (χ0v) is 11.9. The van der Waals surface area contributed by atoms with Gasteiger partial charge in [-0.3, -0.25) is 0 Å². The average molecular weight is 287 g/mol. The lowest BCUT2D eigenvalue weighted by molar-refractivity contribution is 0.107. The van der Waals surface area contributed by atoms with Crippen LogP contribution in [0.15, 0.2) is 48.5 Å². The zero-order chi connectivity index (χ0) is 15.1. The minimum absolute atomic E-state index is 0.0729. The van der Waals surface area contributed by atoms with E-state index in [1.54, 1.807) is 0 Å². The Hall–Kier alpha value is -1.88. The number of hydrogen-bond acceptors (Lipinski definition) is 4. The van der Waals surface area contributed by atoms with E-state index < -0.39 is 6.10 Å². The largest absolute Gasteiger partial charge is 0.490 e. The van der Waals surface area contributed by atoms with Crippen LogP contribution in [-0.2, 0) is 13.0 Å². The average Bonchev–Trinajstić information content (AvgIpc) is 2.54. The molecule has 0 bridgehead atoms. The van der Waals surface area contributed by atoms with Crippen molar-refractivity contribution in [3.8, 4) is 5.75 Å². The fraction of sp³-hybridized carbons (Fsp3) is 0.294. The molecule has 4 N–H and O–H groups in total. The first-order valence-electron chi connectivity index (χ1n) is 7.03.